The SMILES string of the molecule is COCCCN(CCOC)C(=O)C(CN)CC(C)(C)C. The smallest absolute Gasteiger partial charge is 0.227 e. The Hall–Kier alpha value is -0.650. The fourth-order valence-electron chi connectivity index (χ4n) is 2.20. The van der Waals surface area contributed by atoms with Gasteiger partial charge in [0.2, 0.25) is 5.91 Å². The van der Waals surface area contributed by atoms with Crippen molar-refractivity contribution >= 4 is 5.91 Å². The fraction of sp³-hybridized carbons (Fsp3) is 0.933. The molecule has 2 N–H and O–H groups in total. The van der Waals surface area contributed by atoms with Crippen LogP contribution in [0.25, 0.3) is 0 Å². The molecule has 20 heavy (non-hydrogen) atoms. The Kier molecular flexibility index (Phi) is 9.80. The molecule has 0 heterocycles. The van der Waals surface area contributed by atoms with Crippen molar-refractivity contribution in [3.05, 3.63) is 0 Å². The van der Waals surface area contributed by atoms with Gasteiger partial charge in [0.05, 0.1) is 12.5 Å². The van der Waals surface area contributed by atoms with E-state index in [1.807, 2.05) is 4.90 Å². The van der Waals surface area contributed by atoms with Crippen molar-refractivity contribution in [2.75, 3.05) is 47.1 Å². The van der Waals surface area contributed by atoms with Gasteiger partial charge in [0.15, 0.2) is 0 Å². The average molecular weight is 288 g/mol. The normalized spacial score (nSPS) is 13.3. The molecule has 0 fully saturated rings. The van der Waals surface area contributed by atoms with Crippen LogP contribution in [0.2, 0.25) is 0 Å². The molecular weight excluding hydrogens is 256 g/mol. The molecule has 0 saturated carbocycles. The van der Waals surface area contributed by atoms with Crippen LogP contribution in [-0.4, -0.2) is 57.9 Å². The van der Waals surface area contributed by atoms with Gasteiger partial charge in [-0.05, 0) is 18.3 Å². The van der Waals surface area contributed by atoms with Crippen molar-refractivity contribution in [2.45, 2.75) is 33.6 Å². The minimum atomic E-state index is -0.116. The van der Waals surface area contributed by atoms with E-state index in [4.69, 9.17) is 15.2 Å². The van der Waals surface area contributed by atoms with Crippen molar-refractivity contribution in [2.24, 2.45) is 17.1 Å². The van der Waals surface area contributed by atoms with E-state index in [-0.39, 0.29) is 17.2 Å². The number of rotatable bonds is 10. The molecule has 0 radical (unpaired) electrons. The lowest BCUT2D eigenvalue weighted by atomic mass is 9.84. The summed E-state index contributed by atoms with van der Waals surface area (Å²) in [7, 11) is 3.32. The van der Waals surface area contributed by atoms with E-state index < -0.39 is 0 Å². The van der Waals surface area contributed by atoms with Gasteiger partial charge in [-0.25, -0.2) is 0 Å². The number of nitrogens with two attached hydrogens (primary N) is 1. The van der Waals surface area contributed by atoms with Gasteiger partial charge < -0.3 is 20.1 Å². The van der Waals surface area contributed by atoms with E-state index in [2.05, 4.69) is 20.8 Å². The van der Waals surface area contributed by atoms with Crippen LogP contribution in [0, 0.1) is 11.3 Å². The van der Waals surface area contributed by atoms with Crippen LogP contribution in [0.5, 0.6) is 0 Å². The number of hydrogen-bond acceptors (Lipinski definition) is 4. The molecular formula is C15H32N2O3. The van der Waals surface area contributed by atoms with Crippen molar-refractivity contribution in [1.82, 2.24) is 4.90 Å². The van der Waals surface area contributed by atoms with E-state index in [1.54, 1.807) is 14.2 Å². The average Bonchev–Trinajstić information content (AvgIpc) is 2.38. The molecule has 0 saturated heterocycles. The van der Waals surface area contributed by atoms with Gasteiger partial charge in [0, 0.05) is 40.5 Å². The summed E-state index contributed by atoms with van der Waals surface area (Å²) < 4.78 is 10.1. The van der Waals surface area contributed by atoms with Crippen LogP contribution in [0.3, 0.4) is 0 Å². The molecule has 120 valence electrons. The van der Waals surface area contributed by atoms with Gasteiger partial charge in [-0.2, -0.15) is 0 Å². The predicted molar refractivity (Wildman–Crippen MR) is 81.6 cm³/mol. The molecule has 0 bridgehead atoms. The van der Waals surface area contributed by atoms with Crippen molar-refractivity contribution < 1.29 is 14.3 Å². The Morgan fingerprint density at radius 1 is 1.15 bits per heavy atom. The summed E-state index contributed by atoms with van der Waals surface area (Å²) in [6.07, 6.45) is 1.63. The highest BCUT2D eigenvalue weighted by atomic mass is 16.5. The molecule has 1 atom stereocenters. The van der Waals surface area contributed by atoms with Crippen LogP contribution in [0.4, 0.5) is 0 Å². The van der Waals surface area contributed by atoms with Crippen molar-refractivity contribution in [1.29, 1.82) is 0 Å². The largest absolute Gasteiger partial charge is 0.385 e. The number of hydrogen-bond donors (Lipinski definition) is 1. The monoisotopic (exact) mass is 288 g/mol. The maximum atomic E-state index is 12.6. The molecule has 0 aromatic rings. The van der Waals surface area contributed by atoms with E-state index >= 15 is 0 Å². The summed E-state index contributed by atoms with van der Waals surface area (Å²) in [6, 6.07) is 0. The number of methoxy groups -OCH3 is 2. The Bertz CT molecular complexity index is 264. The molecule has 0 aliphatic rings. The third-order valence-corrected chi connectivity index (χ3v) is 3.15. The number of ether oxygens (including phenoxy) is 2. The first-order chi connectivity index (χ1) is 9.35. The van der Waals surface area contributed by atoms with Crippen molar-refractivity contribution in [3.8, 4) is 0 Å². The molecule has 5 nitrogen and oxygen atoms in total. The summed E-state index contributed by atoms with van der Waals surface area (Å²) in [5.41, 5.74) is 5.90. The summed E-state index contributed by atoms with van der Waals surface area (Å²) >= 11 is 0. The van der Waals surface area contributed by atoms with Gasteiger partial charge in [0.25, 0.3) is 0 Å². The number of carbonyl (C=O) groups excluding carboxylic acids is 1. The van der Waals surface area contributed by atoms with Crippen LogP contribution in [0.1, 0.15) is 33.6 Å². The lowest BCUT2D eigenvalue weighted by Crippen LogP contribution is -2.42. The number of amides is 1. The van der Waals surface area contributed by atoms with Crippen molar-refractivity contribution in [3.63, 3.8) is 0 Å². The highest BCUT2D eigenvalue weighted by molar-refractivity contribution is 5.79. The van der Waals surface area contributed by atoms with E-state index in [0.29, 0.717) is 32.8 Å². The topological polar surface area (TPSA) is 64.8 Å². The Morgan fingerprint density at radius 3 is 2.20 bits per heavy atom. The molecule has 0 aromatic carbocycles. The van der Waals surface area contributed by atoms with Crippen LogP contribution in [0.15, 0.2) is 0 Å². The highest BCUT2D eigenvalue weighted by Crippen LogP contribution is 2.25. The first kappa shape index (κ1) is 19.4. The molecule has 1 unspecified atom stereocenters. The first-order valence-electron chi connectivity index (χ1n) is 7.32. The Labute approximate surface area is 123 Å². The van der Waals surface area contributed by atoms with Gasteiger partial charge in [0.1, 0.15) is 0 Å². The molecule has 1 amide bonds. The molecule has 5 heteroatoms. The molecule has 0 rings (SSSR count). The maximum Gasteiger partial charge on any atom is 0.227 e. The zero-order valence-electron chi connectivity index (χ0n) is 13.8. The third-order valence-electron chi connectivity index (χ3n) is 3.15. The molecule has 0 aromatic heterocycles. The third kappa shape index (κ3) is 8.51. The number of carbonyl (C=O) groups is 1. The van der Waals surface area contributed by atoms with E-state index in [0.717, 1.165) is 12.8 Å². The minimum absolute atomic E-state index is 0.0964. The minimum Gasteiger partial charge on any atom is -0.385 e. The molecule has 0 aliphatic heterocycles. The predicted octanol–water partition coefficient (Wildman–Crippen LogP) is 1.51. The summed E-state index contributed by atoms with van der Waals surface area (Å²) in [6.45, 7) is 9.29. The lowest BCUT2D eigenvalue weighted by Gasteiger charge is -2.30. The Balaban J connectivity index is 4.61. The zero-order chi connectivity index (χ0) is 15.6. The number of nitrogens with zero attached hydrogens (tertiary/aromatic N) is 1. The molecule has 0 aliphatic carbocycles. The van der Waals surface area contributed by atoms with E-state index in [9.17, 15) is 4.79 Å². The molecule has 0 spiro atoms. The van der Waals surface area contributed by atoms with E-state index in [1.165, 1.54) is 0 Å². The van der Waals surface area contributed by atoms with Gasteiger partial charge >= 0.3 is 0 Å². The van der Waals surface area contributed by atoms with Crippen LogP contribution >= 0.6 is 0 Å². The quantitative estimate of drug-likeness (QED) is 0.619. The van der Waals surface area contributed by atoms with Gasteiger partial charge in [-0.3, -0.25) is 4.79 Å². The second-order valence-electron chi connectivity index (χ2n) is 6.36. The summed E-state index contributed by atoms with van der Waals surface area (Å²) in [5, 5.41) is 0. The second-order valence-corrected chi connectivity index (χ2v) is 6.36. The standard InChI is InChI=1S/C15H32N2O3/c1-15(2,3)11-13(12-16)14(18)17(8-10-20-5)7-6-9-19-4/h13H,6-12,16H2,1-5H3. The van der Waals surface area contributed by atoms with Gasteiger partial charge in [-0.15, -0.1) is 0 Å². The zero-order valence-corrected chi connectivity index (χ0v) is 13.8. The fourth-order valence-corrected chi connectivity index (χ4v) is 2.20. The highest BCUT2D eigenvalue weighted by Gasteiger charge is 2.27. The Morgan fingerprint density at radius 2 is 1.75 bits per heavy atom. The lowest BCUT2D eigenvalue weighted by molar-refractivity contribution is -0.137. The first-order valence-corrected chi connectivity index (χ1v) is 7.32. The maximum absolute atomic E-state index is 12.6. The van der Waals surface area contributed by atoms with Gasteiger partial charge in [-0.1, -0.05) is 20.8 Å². The second kappa shape index (κ2) is 10.1. The van der Waals surface area contributed by atoms with Crippen LogP contribution in [-0.2, 0) is 14.3 Å². The van der Waals surface area contributed by atoms with Crippen LogP contribution < -0.4 is 5.73 Å². The summed E-state index contributed by atoms with van der Waals surface area (Å²) in [4.78, 5) is 14.5. The summed E-state index contributed by atoms with van der Waals surface area (Å²) in [5.74, 6) is 0.0185.